The van der Waals surface area contributed by atoms with Gasteiger partial charge in [-0.3, -0.25) is 0 Å². The van der Waals surface area contributed by atoms with E-state index in [1.54, 1.807) is 0 Å². The third-order valence-electron chi connectivity index (χ3n) is 0.652. The number of hydrogen-bond donors (Lipinski definition) is 0. The van der Waals surface area contributed by atoms with E-state index in [4.69, 9.17) is 0 Å². The molecule has 0 aliphatic heterocycles. The van der Waals surface area contributed by atoms with Crippen LogP contribution in [0.1, 0.15) is 0 Å². The second kappa shape index (κ2) is 5.28. The van der Waals surface area contributed by atoms with Crippen LogP contribution in [0.4, 0.5) is 9.59 Å². The summed E-state index contributed by atoms with van der Waals surface area (Å²) in [5, 5.41) is 0. The Kier molecular flexibility index (Phi) is 4.55. The Bertz CT molecular complexity index is 162. The molecule has 0 aliphatic carbocycles. The van der Waals surface area contributed by atoms with Crippen molar-refractivity contribution in [3.05, 3.63) is 12.7 Å². The fourth-order valence-corrected chi connectivity index (χ4v) is 0.266. The highest BCUT2D eigenvalue weighted by Crippen LogP contribution is 1.88. The molecule has 0 N–H and O–H groups in total. The first-order chi connectivity index (χ1) is 5.20. The molecule has 0 aromatic rings. The summed E-state index contributed by atoms with van der Waals surface area (Å²) in [6.45, 7) is 3.28. The van der Waals surface area contributed by atoms with Gasteiger partial charge in [0.25, 0.3) is 0 Å². The highest BCUT2D eigenvalue weighted by atomic mass is 16.8. The van der Waals surface area contributed by atoms with Crippen molar-refractivity contribution in [3.63, 3.8) is 0 Å². The summed E-state index contributed by atoms with van der Waals surface area (Å²) < 4.78 is 12.2. The van der Waals surface area contributed by atoms with Crippen LogP contribution in [0.3, 0.4) is 0 Å². The van der Waals surface area contributed by atoms with Crippen molar-refractivity contribution in [3.8, 4) is 0 Å². The molecule has 0 radical (unpaired) electrons. The van der Waals surface area contributed by atoms with Crippen LogP contribution < -0.4 is 0 Å². The number of rotatable bonds is 2. The molecule has 0 heterocycles. The minimum absolute atomic E-state index is 0.00414. The summed E-state index contributed by atoms with van der Waals surface area (Å²) in [7, 11) is 1.09. The van der Waals surface area contributed by atoms with Crippen molar-refractivity contribution >= 4 is 12.3 Å². The second-order valence-corrected chi connectivity index (χ2v) is 1.41. The van der Waals surface area contributed by atoms with Gasteiger partial charge in [0.1, 0.15) is 6.61 Å². The molecule has 0 aliphatic rings. The molecule has 0 unspecified atom stereocenters. The normalized spacial score (nSPS) is 8.09. The summed E-state index contributed by atoms with van der Waals surface area (Å²) >= 11 is 0. The largest absolute Gasteiger partial charge is 0.518 e. The molecular formula is C6H8O5. The van der Waals surface area contributed by atoms with E-state index in [9.17, 15) is 9.59 Å². The molecule has 0 fully saturated rings. The fraction of sp³-hybridized carbons (Fsp3) is 0.333. The van der Waals surface area contributed by atoms with Crippen LogP contribution in [-0.2, 0) is 14.2 Å². The number of methoxy groups -OCH3 is 1. The van der Waals surface area contributed by atoms with Crippen LogP contribution in [0, 0.1) is 0 Å². The topological polar surface area (TPSA) is 61.8 Å². The smallest absolute Gasteiger partial charge is 0.437 e. The maximum atomic E-state index is 10.4. The van der Waals surface area contributed by atoms with Crippen LogP contribution in [0.5, 0.6) is 0 Å². The monoisotopic (exact) mass is 160 g/mol. The Labute approximate surface area is 63.5 Å². The van der Waals surface area contributed by atoms with Gasteiger partial charge < -0.3 is 14.2 Å². The maximum absolute atomic E-state index is 10.4. The first kappa shape index (κ1) is 9.48. The van der Waals surface area contributed by atoms with E-state index < -0.39 is 12.3 Å². The van der Waals surface area contributed by atoms with Gasteiger partial charge in [-0.15, -0.1) is 0 Å². The van der Waals surface area contributed by atoms with Crippen molar-refractivity contribution in [2.24, 2.45) is 0 Å². The van der Waals surface area contributed by atoms with E-state index in [-0.39, 0.29) is 6.61 Å². The predicted molar refractivity (Wildman–Crippen MR) is 35.0 cm³/mol. The van der Waals surface area contributed by atoms with Gasteiger partial charge in [0.15, 0.2) is 0 Å². The van der Waals surface area contributed by atoms with E-state index >= 15 is 0 Å². The Morgan fingerprint density at radius 3 is 2.55 bits per heavy atom. The van der Waals surface area contributed by atoms with Crippen LogP contribution in [0.2, 0.25) is 0 Å². The number of carbonyl (C=O) groups is 2. The highest BCUT2D eigenvalue weighted by Gasteiger charge is 2.09. The molecule has 0 aromatic carbocycles. The fourth-order valence-electron chi connectivity index (χ4n) is 0.266. The van der Waals surface area contributed by atoms with Crippen LogP contribution in [0.15, 0.2) is 12.7 Å². The van der Waals surface area contributed by atoms with Crippen molar-refractivity contribution in [1.82, 2.24) is 0 Å². The first-order valence-corrected chi connectivity index (χ1v) is 2.74. The lowest BCUT2D eigenvalue weighted by atomic mass is 10.7. The average molecular weight is 160 g/mol. The van der Waals surface area contributed by atoms with Crippen LogP contribution in [-0.4, -0.2) is 26.0 Å². The van der Waals surface area contributed by atoms with Gasteiger partial charge in [0, 0.05) is 0 Å². The van der Waals surface area contributed by atoms with Gasteiger partial charge in [-0.1, -0.05) is 12.7 Å². The average Bonchev–Trinajstić information content (AvgIpc) is 2.00. The minimum atomic E-state index is -1.10. The molecule has 0 atom stereocenters. The summed E-state index contributed by atoms with van der Waals surface area (Å²) in [5.74, 6) is 0. The van der Waals surface area contributed by atoms with E-state index in [1.165, 1.54) is 6.08 Å². The van der Waals surface area contributed by atoms with Gasteiger partial charge in [0.2, 0.25) is 0 Å². The molecule has 0 saturated carbocycles. The zero-order chi connectivity index (χ0) is 8.69. The Hall–Kier alpha value is -1.52. The molecule has 0 rings (SSSR count). The standard InChI is InChI=1S/C6H8O5/c1-3-4-10-6(8)11-5(7)9-2/h3H,1,4H2,2H3. The van der Waals surface area contributed by atoms with Gasteiger partial charge in [-0.25, -0.2) is 9.59 Å². The van der Waals surface area contributed by atoms with Crippen molar-refractivity contribution in [2.45, 2.75) is 0 Å². The maximum Gasteiger partial charge on any atom is 0.518 e. The minimum Gasteiger partial charge on any atom is -0.437 e. The molecule has 5 nitrogen and oxygen atoms in total. The van der Waals surface area contributed by atoms with Gasteiger partial charge in [-0.2, -0.15) is 0 Å². The predicted octanol–water partition coefficient (Wildman–Crippen LogP) is 1.09. The molecule has 11 heavy (non-hydrogen) atoms. The quantitative estimate of drug-likeness (QED) is 0.343. The first-order valence-electron chi connectivity index (χ1n) is 2.74. The van der Waals surface area contributed by atoms with Gasteiger partial charge >= 0.3 is 12.3 Å². The summed E-state index contributed by atoms with van der Waals surface area (Å²) in [5.41, 5.74) is 0. The Morgan fingerprint density at radius 2 is 2.09 bits per heavy atom. The summed E-state index contributed by atoms with van der Waals surface area (Å²) in [6, 6.07) is 0. The third-order valence-corrected chi connectivity index (χ3v) is 0.652. The van der Waals surface area contributed by atoms with Crippen LogP contribution in [0.25, 0.3) is 0 Å². The Balaban J connectivity index is 3.51. The SMILES string of the molecule is C=CCOC(=O)OC(=O)OC. The van der Waals surface area contributed by atoms with Gasteiger partial charge in [0.05, 0.1) is 7.11 Å². The van der Waals surface area contributed by atoms with E-state index in [2.05, 4.69) is 20.8 Å². The van der Waals surface area contributed by atoms with Crippen molar-refractivity contribution < 1.29 is 23.8 Å². The summed E-state index contributed by atoms with van der Waals surface area (Å²) in [6.07, 6.45) is -0.853. The highest BCUT2D eigenvalue weighted by molar-refractivity contribution is 5.76. The second-order valence-electron chi connectivity index (χ2n) is 1.41. The zero-order valence-corrected chi connectivity index (χ0v) is 6.03. The molecule has 0 saturated heterocycles. The van der Waals surface area contributed by atoms with Gasteiger partial charge in [-0.05, 0) is 0 Å². The molecule has 0 bridgehead atoms. The summed E-state index contributed by atoms with van der Waals surface area (Å²) in [4.78, 5) is 20.6. The number of carbonyl (C=O) groups excluding carboxylic acids is 2. The lowest BCUT2D eigenvalue weighted by Crippen LogP contribution is -2.13. The van der Waals surface area contributed by atoms with Crippen LogP contribution >= 0.6 is 0 Å². The Morgan fingerprint density at radius 1 is 1.45 bits per heavy atom. The molecule has 5 heteroatoms. The van der Waals surface area contributed by atoms with Crippen molar-refractivity contribution in [1.29, 1.82) is 0 Å². The van der Waals surface area contributed by atoms with E-state index in [1.807, 2.05) is 0 Å². The molecule has 62 valence electrons. The number of ether oxygens (including phenoxy) is 3. The molecule has 0 spiro atoms. The van der Waals surface area contributed by atoms with Crippen molar-refractivity contribution in [2.75, 3.05) is 13.7 Å². The lowest BCUT2D eigenvalue weighted by molar-refractivity contribution is 0.0510. The number of hydrogen-bond acceptors (Lipinski definition) is 5. The third kappa shape index (κ3) is 4.95. The molecular weight excluding hydrogens is 152 g/mol. The lowest BCUT2D eigenvalue weighted by Gasteiger charge is -1.99. The zero-order valence-electron chi connectivity index (χ0n) is 6.03. The van der Waals surface area contributed by atoms with E-state index in [0.717, 1.165) is 7.11 Å². The molecule has 0 aromatic heterocycles. The van der Waals surface area contributed by atoms with E-state index in [0.29, 0.717) is 0 Å². The molecule has 0 amide bonds.